The van der Waals surface area contributed by atoms with E-state index >= 15 is 0 Å². The van der Waals surface area contributed by atoms with Gasteiger partial charge in [0.25, 0.3) is 0 Å². The largest absolute Gasteiger partial charge is 0.370 e. The molecule has 0 atom stereocenters. The van der Waals surface area contributed by atoms with Gasteiger partial charge in [0, 0.05) is 6.20 Å². The van der Waals surface area contributed by atoms with E-state index < -0.39 is 0 Å². The predicted octanol–water partition coefficient (Wildman–Crippen LogP) is 0.189. The van der Waals surface area contributed by atoms with E-state index in [9.17, 15) is 0 Å². The normalized spacial score (nSPS) is 18.5. The molecule has 3 heteroatoms. The van der Waals surface area contributed by atoms with Crippen molar-refractivity contribution in [2.24, 2.45) is 0 Å². The van der Waals surface area contributed by atoms with Crippen LogP contribution in [0.5, 0.6) is 0 Å². The van der Waals surface area contributed by atoms with Crippen LogP contribution in [0.15, 0.2) is 11.4 Å². The molecule has 0 amide bonds. The van der Waals surface area contributed by atoms with E-state index in [2.05, 4.69) is 10.6 Å². The zero-order valence-corrected chi connectivity index (χ0v) is 3.87. The number of nitrogens with zero attached hydrogens (tertiary/aromatic N) is 1. The molecule has 0 aromatic heterocycles. The summed E-state index contributed by atoms with van der Waals surface area (Å²) in [6.45, 7) is 0.638. The Hall–Kier alpha value is -0.370. The highest BCUT2D eigenvalue weighted by molar-refractivity contribution is 6.29. The lowest BCUT2D eigenvalue weighted by Crippen LogP contribution is -2.05. The molecule has 0 fully saturated rings. The summed E-state index contributed by atoms with van der Waals surface area (Å²) in [6, 6.07) is 0. The van der Waals surface area contributed by atoms with Crippen molar-refractivity contribution < 1.29 is 0 Å². The first kappa shape index (κ1) is 3.81. The number of hydrogen-bond acceptors (Lipinski definition) is 1. The highest BCUT2D eigenvalue weighted by Crippen LogP contribution is 1.97. The van der Waals surface area contributed by atoms with Crippen LogP contribution in [-0.2, 0) is 0 Å². The molecule has 33 valence electrons. The van der Waals surface area contributed by atoms with Gasteiger partial charge in [-0.05, 0) is 0 Å². The summed E-state index contributed by atoms with van der Waals surface area (Å²) in [4.78, 5) is 0. The Morgan fingerprint density at radius 1 is 2.00 bits per heavy atom. The number of nitrogens with one attached hydrogen (secondary N) is 1. The van der Waals surface area contributed by atoms with Gasteiger partial charge in [-0.25, -0.2) is 0 Å². The second kappa shape index (κ2) is 1.39. The van der Waals surface area contributed by atoms with E-state index in [1.807, 2.05) is 0 Å². The average molecular weight is 104 g/mol. The van der Waals surface area contributed by atoms with Gasteiger partial charge < -0.3 is 5.32 Å². The molecule has 1 aliphatic heterocycles. The lowest BCUT2D eigenvalue weighted by molar-refractivity contribution is 0.817. The Labute approximate surface area is 41.2 Å². The second-order valence-electron chi connectivity index (χ2n) is 0.987. The van der Waals surface area contributed by atoms with E-state index in [0.29, 0.717) is 11.8 Å². The standard InChI is InChI=1S/C3H4ClN2/c4-3-1-5-2-6-3/h1,5H,2H2. The van der Waals surface area contributed by atoms with Gasteiger partial charge in [0.1, 0.15) is 11.8 Å². The van der Waals surface area contributed by atoms with Crippen LogP contribution in [-0.4, -0.2) is 6.67 Å². The van der Waals surface area contributed by atoms with Crippen LogP contribution in [0.4, 0.5) is 0 Å². The molecule has 2 nitrogen and oxygen atoms in total. The molecule has 0 aliphatic carbocycles. The van der Waals surface area contributed by atoms with Crippen molar-refractivity contribution in [2.45, 2.75) is 0 Å². The zero-order valence-electron chi connectivity index (χ0n) is 3.11. The molecule has 0 spiro atoms. The van der Waals surface area contributed by atoms with Gasteiger partial charge in [0.2, 0.25) is 0 Å². The molecule has 1 radical (unpaired) electrons. The van der Waals surface area contributed by atoms with Crippen LogP contribution in [0.3, 0.4) is 0 Å². The van der Waals surface area contributed by atoms with Crippen molar-refractivity contribution in [3.05, 3.63) is 11.4 Å². The molecule has 0 aromatic carbocycles. The summed E-state index contributed by atoms with van der Waals surface area (Å²) < 4.78 is 0. The molecule has 1 N–H and O–H groups in total. The Balaban J connectivity index is 2.45. The molecule has 0 saturated carbocycles. The first-order chi connectivity index (χ1) is 2.89. The quantitative estimate of drug-likeness (QED) is 0.435. The van der Waals surface area contributed by atoms with Crippen LogP contribution in [0.2, 0.25) is 0 Å². The Bertz CT molecular complexity index is 78.9. The predicted molar refractivity (Wildman–Crippen MR) is 24.1 cm³/mol. The van der Waals surface area contributed by atoms with E-state index in [1.165, 1.54) is 0 Å². The van der Waals surface area contributed by atoms with E-state index in [4.69, 9.17) is 11.6 Å². The topological polar surface area (TPSA) is 26.1 Å². The van der Waals surface area contributed by atoms with E-state index in [1.54, 1.807) is 6.20 Å². The third-order valence-corrected chi connectivity index (χ3v) is 0.771. The second-order valence-corrected chi connectivity index (χ2v) is 1.37. The number of rotatable bonds is 0. The van der Waals surface area contributed by atoms with Crippen LogP contribution in [0.25, 0.3) is 0 Å². The van der Waals surface area contributed by atoms with Crippen LogP contribution in [0, 0.1) is 0 Å². The molecule has 0 bridgehead atoms. The van der Waals surface area contributed by atoms with Gasteiger partial charge >= 0.3 is 0 Å². The highest BCUT2D eigenvalue weighted by atomic mass is 35.5. The van der Waals surface area contributed by atoms with Crippen molar-refractivity contribution >= 4 is 11.6 Å². The number of halogens is 1. The Morgan fingerprint density at radius 2 is 2.83 bits per heavy atom. The van der Waals surface area contributed by atoms with Crippen molar-refractivity contribution in [1.82, 2.24) is 10.6 Å². The van der Waals surface area contributed by atoms with Crippen molar-refractivity contribution in [2.75, 3.05) is 6.67 Å². The maximum absolute atomic E-state index is 5.34. The Kier molecular flexibility index (Phi) is 0.881. The molecule has 1 heterocycles. The fourth-order valence-electron chi connectivity index (χ4n) is 0.297. The third kappa shape index (κ3) is 0.571. The number of hydrogen-bond donors (Lipinski definition) is 1. The fourth-order valence-corrected chi connectivity index (χ4v) is 0.434. The summed E-state index contributed by atoms with van der Waals surface area (Å²) >= 11 is 5.34. The summed E-state index contributed by atoms with van der Waals surface area (Å²) in [6.07, 6.45) is 1.67. The minimum atomic E-state index is 0.565. The van der Waals surface area contributed by atoms with Gasteiger partial charge in [-0.2, -0.15) is 0 Å². The lowest BCUT2D eigenvalue weighted by atomic mass is 11.0. The summed E-state index contributed by atoms with van der Waals surface area (Å²) in [5.74, 6) is 0. The Morgan fingerprint density at radius 3 is 3.00 bits per heavy atom. The van der Waals surface area contributed by atoms with Gasteiger partial charge in [-0.15, -0.1) is 0 Å². The monoisotopic (exact) mass is 103 g/mol. The van der Waals surface area contributed by atoms with Crippen LogP contribution in [0.1, 0.15) is 0 Å². The summed E-state index contributed by atoms with van der Waals surface area (Å²) in [5, 5.41) is 7.13. The van der Waals surface area contributed by atoms with E-state index in [0.717, 1.165) is 0 Å². The average Bonchev–Trinajstić information content (AvgIpc) is 1.86. The van der Waals surface area contributed by atoms with Gasteiger partial charge in [-0.1, -0.05) is 11.6 Å². The van der Waals surface area contributed by atoms with Gasteiger partial charge in [-0.3, -0.25) is 5.32 Å². The highest BCUT2D eigenvalue weighted by Gasteiger charge is 1.95. The first-order valence-electron chi connectivity index (χ1n) is 1.66. The minimum Gasteiger partial charge on any atom is -0.370 e. The lowest BCUT2D eigenvalue weighted by Gasteiger charge is -1.81. The molecule has 1 aliphatic rings. The molecule has 0 aromatic rings. The van der Waals surface area contributed by atoms with Crippen LogP contribution >= 0.6 is 11.6 Å². The zero-order chi connectivity index (χ0) is 4.41. The smallest absolute Gasteiger partial charge is 0.141 e. The molecule has 1 rings (SSSR count). The van der Waals surface area contributed by atoms with Gasteiger partial charge in [0.05, 0.1) is 0 Å². The van der Waals surface area contributed by atoms with Crippen LogP contribution < -0.4 is 10.6 Å². The fraction of sp³-hybridized carbons (Fsp3) is 0.333. The maximum atomic E-state index is 5.34. The summed E-state index contributed by atoms with van der Waals surface area (Å²) in [7, 11) is 0. The third-order valence-electron chi connectivity index (χ3n) is 0.543. The van der Waals surface area contributed by atoms with Gasteiger partial charge in [0.15, 0.2) is 0 Å². The molecule has 0 saturated heterocycles. The SMILES string of the molecule is ClC1=CNC[N]1. The van der Waals surface area contributed by atoms with E-state index in [-0.39, 0.29) is 0 Å². The molecule has 0 unspecified atom stereocenters. The molecular weight excluding hydrogens is 99.5 g/mol. The first-order valence-corrected chi connectivity index (χ1v) is 2.04. The molecule has 6 heavy (non-hydrogen) atoms. The molecular formula is C3H4ClN2. The van der Waals surface area contributed by atoms with Crippen molar-refractivity contribution in [3.63, 3.8) is 0 Å². The summed E-state index contributed by atoms with van der Waals surface area (Å²) in [5.41, 5.74) is 0. The van der Waals surface area contributed by atoms with Crippen molar-refractivity contribution in [1.29, 1.82) is 0 Å². The maximum Gasteiger partial charge on any atom is 0.141 e. The minimum absolute atomic E-state index is 0.565. The van der Waals surface area contributed by atoms with Crippen molar-refractivity contribution in [3.8, 4) is 0 Å².